The molecule has 150 valence electrons. The van der Waals surface area contributed by atoms with E-state index in [-0.39, 0.29) is 17.2 Å². The Kier molecular flexibility index (Phi) is 6.16. The number of nitrogens with zero attached hydrogens (tertiary/aromatic N) is 2. The first-order chi connectivity index (χ1) is 14.1. The van der Waals surface area contributed by atoms with Crippen LogP contribution in [-0.2, 0) is 11.2 Å². The molecule has 0 radical (unpaired) electrons. The van der Waals surface area contributed by atoms with E-state index in [4.69, 9.17) is 0 Å². The van der Waals surface area contributed by atoms with Crippen LogP contribution in [0.25, 0.3) is 0 Å². The molecular formula is C22H24N4OS2. The smallest absolute Gasteiger partial charge is 0.233 e. The number of hydrogen-bond acceptors (Lipinski definition) is 6. The molecule has 0 saturated heterocycles. The van der Waals surface area contributed by atoms with Gasteiger partial charge in [-0.25, -0.2) is 0 Å². The van der Waals surface area contributed by atoms with Crippen molar-refractivity contribution in [1.29, 1.82) is 0 Å². The van der Waals surface area contributed by atoms with Gasteiger partial charge in [-0.1, -0.05) is 59.5 Å². The van der Waals surface area contributed by atoms with Crippen LogP contribution in [0.15, 0.2) is 52.9 Å². The molecule has 0 unspecified atom stereocenters. The van der Waals surface area contributed by atoms with Gasteiger partial charge in [0.25, 0.3) is 0 Å². The molecular weight excluding hydrogens is 400 g/mol. The highest BCUT2D eigenvalue weighted by Crippen LogP contribution is 2.33. The molecule has 7 heteroatoms. The maximum absolute atomic E-state index is 12.8. The summed E-state index contributed by atoms with van der Waals surface area (Å²) in [5.41, 5.74) is 4.77. The zero-order chi connectivity index (χ0) is 20.2. The standard InChI is InChI=1S/C22H24N4OS2/c1-14-7-5-10-17(13-14)23-21-25-26-22(29-21)28-15(2)20(27)24-19-12-6-9-16-8-3-4-11-18(16)19/h3-5,7-8,10-11,13,15,19H,6,9,12H2,1-2H3,(H,23,25)(H,24,27)/t15-,19-/m1/s1. The van der Waals surface area contributed by atoms with E-state index in [2.05, 4.69) is 58.1 Å². The molecule has 0 fully saturated rings. The van der Waals surface area contributed by atoms with Crippen LogP contribution in [0, 0.1) is 6.92 Å². The number of anilines is 2. The van der Waals surface area contributed by atoms with E-state index in [9.17, 15) is 4.79 Å². The molecule has 2 N–H and O–H groups in total. The Morgan fingerprint density at radius 1 is 1.21 bits per heavy atom. The van der Waals surface area contributed by atoms with Crippen molar-refractivity contribution in [2.24, 2.45) is 0 Å². The number of benzene rings is 2. The fraction of sp³-hybridized carbons (Fsp3) is 0.318. The van der Waals surface area contributed by atoms with Crippen LogP contribution in [0.2, 0.25) is 0 Å². The number of aromatic nitrogens is 2. The van der Waals surface area contributed by atoms with E-state index in [1.165, 1.54) is 39.8 Å². The fourth-order valence-electron chi connectivity index (χ4n) is 3.55. The monoisotopic (exact) mass is 424 g/mol. The summed E-state index contributed by atoms with van der Waals surface area (Å²) in [5, 5.41) is 15.4. The number of hydrogen-bond donors (Lipinski definition) is 2. The van der Waals surface area contributed by atoms with Crippen LogP contribution in [0.1, 0.15) is 42.5 Å². The van der Waals surface area contributed by atoms with E-state index in [0.29, 0.717) is 0 Å². The summed E-state index contributed by atoms with van der Waals surface area (Å²) in [6, 6.07) is 16.6. The van der Waals surface area contributed by atoms with Crippen LogP contribution in [0.5, 0.6) is 0 Å². The van der Waals surface area contributed by atoms with Crippen molar-refractivity contribution in [1.82, 2.24) is 15.5 Å². The molecule has 0 spiro atoms. The van der Waals surface area contributed by atoms with E-state index in [1.54, 1.807) is 0 Å². The largest absolute Gasteiger partial charge is 0.348 e. The van der Waals surface area contributed by atoms with E-state index >= 15 is 0 Å². The molecule has 2 aromatic carbocycles. The average Bonchev–Trinajstić information content (AvgIpc) is 3.15. The normalized spacial score (nSPS) is 16.7. The maximum atomic E-state index is 12.8. The summed E-state index contributed by atoms with van der Waals surface area (Å²) in [7, 11) is 0. The minimum atomic E-state index is -0.233. The van der Waals surface area contributed by atoms with Crippen molar-refractivity contribution >= 4 is 39.8 Å². The van der Waals surface area contributed by atoms with Gasteiger partial charge >= 0.3 is 0 Å². The van der Waals surface area contributed by atoms with Crippen molar-refractivity contribution < 1.29 is 4.79 Å². The number of fused-ring (bicyclic) bond motifs is 1. The first-order valence-electron chi connectivity index (χ1n) is 9.80. The highest BCUT2D eigenvalue weighted by Gasteiger charge is 2.24. The first-order valence-corrected chi connectivity index (χ1v) is 11.5. The Morgan fingerprint density at radius 3 is 2.93 bits per heavy atom. The van der Waals surface area contributed by atoms with Gasteiger partial charge in [-0.3, -0.25) is 4.79 Å². The molecule has 29 heavy (non-hydrogen) atoms. The maximum Gasteiger partial charge on any atom is 0.233 e. The molecule has 1 aromatic heterocycles. The number of amides is 1. The van der Waals surface area contributed by atoms with Crippen LogP contribution in [0.3, 0.4) is 0 Å². The SMILES string of the molecule is Cc1cccc(Nc2nnc(S[C@H](C)C(=O)N[C@@H]3CCCc4ccccc43)s2)c1. The van der Waals surface area contributed by atoms with Crippen molar-refractivity contribution in [3.8, 4) is 0 Å². The van der Waals surface area contributed by atoms with E-state index < -0.39 is 0 Å². The van der Waals surface area contributed by atoms with Gasteiger partial charge in [-0.05, 0) is 61.9 Å². The molecule has 1 aliphatic rings. The zero-order valence-electron chi connectivity index (χ0n) is 16.5. The van der Waals surface area contributed by atoms with E-state index in [0.717, 1.165) is 34.4 Å². The average molecular weight is 425 g/mol. The summed E-state index contributed by atoms with van der Waals surface area (Å²) >= 11 is 2.91. The second kappa shape index (κ2) is 8.97. The summed E-state index contributed by atoms with van der Waals surface area (Å²) < 4.78 is 0.784. The third-order valence-corrected chi connectivity index (χ3v) is 7.03. The zero-order valence-corrected chi connectivity index (χ0v) is 18.1. The molecule has 3 aromatic rings. The lowest BCUT2D eigenvalue weighted by Crippen LogP contribution is -2.35. The van der Waals surface area contributed by atoms with Gasteiger partial charge in [-0.2, -0.15) is 0 Å². The van der Waals surface area contributed by atoms with Crippen LogP contribution >= 0.6 is 23.1 Å². The van der Waals surface area contributed by atoms with Crippen LogP contribution in [-0.4, -0.2) is 21.4 Å². The topological polar surface area (TPSA) is 66.9 Å². The molecule has 0 aliphatic heterocycles. The predicted octanol–water partition coefficient (Wildman–Crippen LogP) is 5.26. The molecule has 2 atom stereocenters. The fourth-order valence-corrected chi connectivity index (χ4v) is 5.48. The number of thioether (sulfide) groups is 1. The Morgan fingerprint density at radius 2 is 2.07 bits per heavy atom. The number of carbonyl (C=O) groups is 1. The van der Waals surface area contributed by atoms with Gasteiger partial charge in [0.2, 0.25) is 11.0 Å². The van der Waals surface area contributed by atoms with Gasteiger partial charge in [0, 0.05) is 5.69 Å². The number of carbonyl (C=O) groups excluding carboxylic acids is 1. The third-order valence-electron chi connectivity index (χ3n) is 5.01. The van der Waals surface area contributed by atoms with Gasteiger partial charge in [0.15, 0.2) is 4.34 Å². The molecule has 4 rings (SSSR count). The molecule has 1 heterocycles. The highest BCUT2D eigenvalue weighted by atomic mass is 32.2. The third kappa shape index (κ3) is 4.97. The Bertz CT molecular complexity index is 1000. The predicted molar refractivity (Wildman–Crippen MR) is 120 cm³/mol. The van der Waals surface area contributed by atoms with E-state index in [1.807, 2.05) is 25.1 Å². The molecule has 1 aliphatic carbocycles. The number of nitrogens with one attached hydrogen (secondary N) is 2. The molecule has 0 bridgehead atoms. The molecule has 1 amide bonds. The highest BCUT2D eigenvalue weighted by molar-refractivity contribution is 8.02. The van der Waals surface area contributed by atoms with Gasteiger partial charge in [-0.15, -0.1) is 10.2 Å². The quantitative estimate of drug-likeness (QED) is 0.528. The lowest BCUT2D eigenvalue weighted by molar-refractivity contribution is -0.121. The first kappa shape index (κ1) is 19.9. The van der Waals surface area contributed by atoms with Gasteiger partial charge in [0.1, 0.15) is 0 Å². The van der Waals surface area contributed by atoms with Crippen LogP contribution < -0.4 is 10.6 Å². The Labute approximate surface area is 179 Å². The molecule has 5 nitrogen and oxygen atoms in total. The lowest BCUT2D eigenvalue weighted by atomic mass is 9.88. The number of rotatable bonds is 6. The van der Waals surface area contributed by atoms with Crippen molar-refractivity contribution in [2.45, 2.75) is 48.7 Å². The lowest BCUT2D eigenvalue weighted by Gasteiger charge is -2.27. The van der Waals surface area contributed by atoms with Crippen LogP contribution in [0.4, 0.5) is 10.8 Å². The minimum absolute atomic E-state index is 0.0418. The van der Waals surface area contributed by atoms with Gasteiger partial charge in [0.05, 0.1) is 11.3 Å². The summed E-state index contributed by atoms with van der Waals surface area (Å²) in [4.78, 5) is 12.8. The number of aryl methyl sites for hydroxylation is 2. The second-order valence-corrected chi connectivity index (χ2v) is 9.85. The summed E-state index contributed by atoms with van der Waals surface area (Å²) in [6.45, 7) is 3.97. The minimum Gasteiger partial charge on any atom is -0.348 e. The molecule has 0 saturated carbocycles. The second-order valence-electron chi connectivity index (χ2n) is 7.28. The van der Waals surface area contributed by atoms with Crippen molar-refractivity contribution in [3.05, 3.63) is 65.2 Å². The van der Waals surface area contributed by atoms with Gasteiger partial charge < -0.3 is 10.6 Å². The van der Waals surface area contributed by atoms with Crippen molar-refractivity contribution in [2.75, 3.05) is 5.32 Å². The summed E-state index contributed by atoms with van der Waals surface area (Å²) in [6.07, 6.45) is 3.19. The van der Waals surface area contributed by atoms with Crippen molar-refractivity contribution in [3.63, 3.8) is 0 Å². The summed E-state index contributed by atoms with van der Waals surface area (Å²) in [5.74, 6) is 0.0418. The Balaban J connectivity index is 1.35. The Hall–Kier alpha value is -2.38.